The van der Waals surface area contributed by atoms with E-state index in [4.69, 9.17) is 23.4 Å². The molecule has 0 aliphatic carbocycles. The van der Waals surface area contributed by atoms with Gasteiger partial charge >= 0.3 is 0 Å². The maximum Gasteiger partial charge on any atom is 0.293 e. The highest BCUT2D eigenvalue weighted by atomic mass is 19.1. The van der Waals surface area contributed by atoms with Crippen LogP contribution in [0, 0.1) is 11.7 Å². The van der Waals surface area contributed by atoms with Crippen molar-refractivity contribution in [2.24, 2.45) is 5.92 Å². The van der Waals surface area contributed by atoms with Crippen LogP contribution in [0.4, 0.5) is 4.39 Å². The Morgan fingerprint density at radius 3 is 3.07 bits per heavy atom. The average molecular weight is 407 g/mol. The van der Waals surface area contributed by atoms with Crippen molar-refractivity contribution in [1.82, 2.24) is 14.8 Å². The number of nitrogens with zero attached hydrogens (tertiary/aromatic N) is 2. The summed E-state index contributed by atoms with van der Waals surface area (Å²) in [4.78, 5) is 28.3. The fourth-order valence-corrected chi connectivity index (χ4v) is 2.79. The van der Waals surface area contributed by atoms with Gasteiger partial charge in [-0.3, -0.25) is 9.59 Å². The number of aromatic hydroxyl groups is 1. The molecular weight excluding hydrogens is 361 g/mol. The van der Waals surface area contributed by atoms with Gasteiger partial charge in [-0.2, -0.15) is 0 Å². The predicted molar refractivity (Wildman–Crippen MR) is 107 cm³/mol. The molecular formula is C21H28FN3O3. The molecule has 3 rings (SSSR count). The summed E-state index contributed by atoms with van der Waals surface area (Å²) in [5.41, 5.74) is -4.86. The van der Waals surface area contributed by atoms with Crippen molar-refractivity contribution in [2.75, 3.05) is 26.1 Å². The van der Waals surface area contributed by atoms with E-state index < -0.39 is 108 Å². The summed E-state index contributed by atoms with van der Waals surface area (Å²) in [5, 5.41) is 2.69. The molecule has 152 valence electrons. The summed E-state index contributed by atoms with van der Waals surface area (Å²) in [6, 6.07) is -4.05. The lowest BCUT2D eigenvalue weighted by atomic mass is 9.99. The molecule has 2 N–H and O–H groups in total. The number of carbonyl (C=O) groups is 1. The number of aryl methyl sites for hydroxylation is 1. The van der Waals surface area contributed by atoms with Crippen molar-refractivity contribution in [1.29, 1.82) is 1.43 Å². The van der Waals surface area contributed by atoms with E-state index in [2.05, 4.69) is 5.11 Å². The van der Waals surface area contributed by atoms with Crippen molar-refractivity contribution in [3.05, 3.63) is 39.9 Å². The number of rotatable bonds is 7. The first-order valence-corrected chi connectivity index (χ1v) is 8.34. The van der Waals surface area contributed by atoms with Gasteiger partial charge in [0.15, 0.2) is 1.41 Å². The number of hydrogen-bond donors (Lipinski definition) is 2. The second-order valence-corrected chi connectivity index (χ2v) is 6.04. The molecule has 1 aliphatic rings. The highest BCUT2D eigenvalue weighted by Crippen LogP contribution is 2.27. The van der Waals surface area contributed by atoms with Crippen LogP contribution in [0.5, 0.6) is 5.75 Å². The summed E-state index contributed by atoms with van der Waals surface area (Å²) < 4.78 is 149. The number of aromatic nitrogens is 1. The lowest BCUT2D eigenvalue weighted by Crippen LogP contribution is -2.37. The van der Waals surface area contributed by atoms with Gasteiger partial charge in [0.25, 0.3) is 12.9 Å². The molecule has 0 bridgehead atoms. The Morgan fingerprint density at radius 2 is 2.36 bits per heavy atom. The Bertz CT molecular complexity index is 1550. The zero-order chi connectivity index (χ0) is 34.8. The molecule has 1 amide bonds. The normalized spacial score (nSPS) is 27.0. The van der Waals surface area contributed by atoms with Crippen molar-refractivity contribution in [2.45, 2.75) is 39.5 Å². The number of halogens is 1. The van der Waals surface area contributed by atoms with E-state index in [1.54, 1.807) is 0 Å². The van der Waals surface area contributed by atoms with E-state index in [1.165, 1.54) is 0 Å². The Morgan fingerprint density at radius 1 is 1.54 bits per heavy atom. The van der Waals surface area contributed by atoms with E-state index in [9.17, 15) is 14.0 Å². The van der Waals surface area contributed by atoms with Gasteiger partial charge in [-0.05, 0) is 69.7 Å². The van der Waals surface area contributed by atoms with Crippen LogP contribution < -0.4 is 10.9 Å². The van der Waals surface area contributed by atoms with Crippen LogP contribution in [-0.2, 0) is 6.50 Å². The standard InChI is InChI=1S/C21H28FN3O3/c1-3-25-17-13-15(22)5-6-16(17)19(26)18(21(25)28)20(27)23-9-4-10-24-11-7-14(2)8-12-24/h5-6,13-14,26H,3-4,7-12H2,1-2H3,(H,23,27)/i1D3,2D3,3D2,5D,6D,9D2,10D2,13D/hD2. The minimum atomic E-state index is -3.85. The van der Waals surface area contributed by atoms with Gasteiger partial charge in [0, 0.05) is 34.8 Å². The van der Waals surface area contributed by atoms with Crippen LogP contribution >= 0.6 is 0 Å². The predicted octanol–water partition coefficient (Wildman–Crippen LogP) is 2.72. The molecule has 1 aromatic heterocycles. The summed E-state index contributed by atoms with van der Waals surface area (Å²) in [6.45, 7) is -16.0. The summed E-state index contributed by atoms with van der Waals surface area (Å²) in [5.74, 6) is -5.84. The minimum absolute atomic E-state index is 0.0425. The lowest BCUT2D eigenvalue weighted by Gasteiger charge is -2.30. The van der Waals surface area contributed by atoms with Gasteiger partial charge in [-0.15, -0.1) is 0 Å². The molecule has 2 heterocycles. The largest absolute Gasteiger partial charge is 0.506 e. The van der Waals surface area contributed by atoms with Crippen LogP contribution in [0.15, 0.2) is 22.9 Å². The number of nitrogens with one attached hydrogen (secondary N) is 1. The Balaban J connectivity index is 2.20. The number of carbonyl (C=O) groups excluding carboxylic acids is 1. The number of fused-ring (bicyclic) bond motifs is 1. The summed E-state index contributed by atoms with van der Waals surface area (Å²) in [7, 11) is 0. The third-order valence-electron chi connectivity index (χ3n) is 4.24. The SMILES string of the molecule is [2H]Oc1c(C(=O)N([2H])C([2H])([2H])CC([2H])([2H])N2CCC(C([2H])([2H])[2H])CC2)c(=O)n(C([2H])([2H])C([2H])([2H])[2H])c2c([2H])c(F)c([2H])c([2H])c12. The zero-order valence-corrected chi connectivity index (χ0v) is 14.6. The number of hydrogen-bond acceptors (Lipinski definition) is 4. The molecule has 6 nitrogen and oxygen atoms in total. The van der Waals surface area contributed by atoms with Crippen molar-refractivity contribution < 1.29 is 36.3 Å². The molecule has 0 saturated carbocycles. The first kappa shape index (κ1) is 7.78. The molecule has 0 radical (unpaired) electrons. The molecule has 0 atom stereocenters. The van der Waals surface area contributed by atoms with Gasteiger partial charge < -0.3 is 19.9 Å². The molecule has 0 spiro atoms. The van der Waals surface area contributed by atoms with E-state index in [0.29, 0.717) is 0 Å². The van der Waals surface area contributed by atoms with Crippen molar-refractivity contribution in [3.8, 4) is 5.75 Å². The second kappa shape index (κ2) is 8.73. The average Bonchev–Trinajstić information content (AvgIpc) is 2.91. The maximum absolute atomic E-state index is 14.7. The van der Waals surface area contributed by atoms with E-state index in [0.717, 1.165) is 4.90 Å². The second-order valence-electron chi connectivity index (χ2n) is 6.04. The number of piperidine rings is 1. The number of benzene rings is 1. The topological polar surface area (TPSA) is 74.6 Å². The van der Waals surface area contributed by atoms with E-state index in [1.807, 2.05) is 0 Å². The summed E-state index contributed by atoms with van der Waals surface area (Å²) >= 11 is 0. The van der Waals surface area contributed by atoms with Crippen LogP contribution in [0.1, 0.15) is 63.9 Å². The summed E-state index contributed by atoms with van der Waals surface area (Å²) in [6.07, 6.45) is -1.16. The first-order chi connectivity index (χ1) is 20.2. The molecule has 2 aromatic rings. The lowest BCUT2D eigenvalue weighted by molar-refractivity contribution is 0.0946. The Kier molecular flexibility index (Phi) is 2.43. The molecule has 7 heteroatoms. The molecule has 28 heavy (non-hydrogen) atoms. The van der Waals surface area contributed by atoms with E-state index in [-0.39, 0.29) is 30.5 Å². The number of pyridine rings is 1. The molecule has 1 aliphatic heterocycles. The smallest absolute Gasteiger partial charge is 0.293 e. The Hall–Kier alpha value is -2.41. The van der Waals surface area contributed by atoms with Crippen molar-refractivity contribution >= 4 is 16.8 Å². The monoisotopic (exact) mass is 406 g/mol. The van der Waals surface area contributed by atoms with Gasteiger partial charge in [-0.1, -0.05) is 6.85 Å². The third kappa shape index (κ3) is 4.19. The first-order valence-electron chi connectivity index (χ1n) is 16.7. The van der Waals surface area contributed by atoms with Gasteiger partial charge in [0.1, 0.15) is 17.1 Å². The highest BCUT2D eigenvalue weighted by molar-refractivity contribution is 6.02. The quantitative estimate of drug-likeness (QED) is 0.741. The molecule has 1 saturated heterocycles. The third-order valence-corrected chi connectivity index (χ3v) is 4.24. The van der Waals surface area contributed by atoms with Crippen molar-refractivity contribution in [3.63, 3.8) is 0 Å². The molecule has 1 fully saturated rings. The van der Waals surface area contributed by atoms with Gasteiger partial charge in [0.05, 0.1) is 9.63 Å². The van der Waals surface area contributed by atoms with Crippen LogP contribution in [0.25, 0.3) is 10.9 Å². The molecule has 0 unspecified atom stereocenters. The van der Waals surface area contributed by atoms with Crippen LogP contribution in [0.3, 0.4) is 0 Å². The highest BCUT2D eigenvalue weighted by Gasteiger charge is 2.22. The van der Waals surface area contributed by atoms with Gasteiger partial charge in [-0.25, -0.2) is 4.39 Å². The minimum Gasteiger partial charge on any atom is -0.506 e. The maximum atomic E-state index is 14.7. The fourth-order valence-electron chi connectivity index (χ4n) is 2.79. The zero-order valence-electron chi connectivity index (χ0n) is 31.6. The van der Waals surface area contributed by atoms with Crippen LogP contribution in [-0.4, -0.2) is 48.0 Å². The number of amides is 1. The van der Waals surface area contributed by atoms with Gasteiger partial charge in [0.2, 0.25) is 0 Å². The Labute approximate surface area is 188 Å². The van der Waals surface area contributed by atoms with E-state index >= 15 is 0 Å². The number of likely N-dealkylation sites (tertiary alicyclic amines) is 1. The molecule has 1 aromatic carbocycles. The fraction of sp³-hybridized carbons (Fsp3) is 0.524. The van der Waals surface area contributed by atoms with Crippen LogP contribution in [0.2, 0.25) is 1.41 Å².